The molecule has 92 heavy (non-hydrogen) atoms. The molecule has 0 aromatic heterocycles. The van der Waals surface area contributed by atoms with Gasteiger partial charge in [0.2, 0.25) is 5.36 Å². The van der Waals surface area contributed by atoms with E-state index in [9.17, 15) is 66.6 Å². The summed E-state index contributed by atoms with van der Waals surface area (Å²) in [5.41, 5.74) is 3.75. The molecule has 39 heteroatoms. The first-order chi connectivity index (χ1) is 42.8. The normalized spacial score (nSPS) is 11.1. The van der Waals surface area contributed by atoms with Crippen LogP contribution in [0.5, 0.6) is 0 Å². The third-order valence-corrected chi connectivity index (χ3v) is 16.1. The summed E-state index contributed by atoms with van der Waals surface area (Å²) < 4.78 is 248. The van der Waals surface area contributed by atoms with Crippen LogP contribution in [0.3, 0.4) is 0 Å². The first-order valence-electron chi connectivity index (χ1n) is 25.0. The van der Waals surface area contributed by atoms with Crippen LogP contribution < -0.4 is 14.8 Å². The van der Waals surface area contributed by atoms with Gasteiger partial charge >= 0.3 is 48.4 Å². The Labute approximate surface area is 529 Å². The van der Waals surface area contributed by atoms with E-state index in [0.717, 1.165) is 0 Å². The highest BCUT2D eigenvalue weighted by Gasteiger charge is 2.27. The van der Waals surface area contributed by atoms with Gasteiger partial charge in [0.15, 0.2) is 13.1 Å². The smallest absolute Gasteiger partial charge is 0.425 e. The van der Waals surface area contributed by atoms with Gasteiger partial charge < -0.3 is 19.3 Å². The predicted octanol–water partition coefficient (Wildman–Crippen LogP) is 3.49. The zero-order valence-electron chi connectivity index (χ0n) is 46.7. The van der Waals surface area contributed by atoms with E-state index in [4.69, 9.17) is 54.9 Å². The Balaban J connectivity index is 0.00000101. The Morgan fingerprint density at radius 1 is 0.500 bits per heavy atom. The Morgan fingerprint density at radius 2 is 0.924 bits per heavy atom. The van der Waals surface area contributed by atoms with Crippen LogP contribution in [0.2, 0.25) is 0 Å². The standard InChI is InChI=1S/C53H47N3O16S4.4O3S/c1-54(28-8-15-51(57)58)53(59)44-12-5-4-11-43(44)52-45-26-20-39(55(31-35-16-22-41(23-17-35)73(60,61)62)32-36-18-24-42(25-19-36)74(63,64)65)29-47(45)72-48-30-40(21-27-46(48)52)56(33-37-9-2-6-13-49(37)75(66,67)68)34-38-10-3-7-14-50(38)76(69,70)71;4*1-4(2)3/h2-7,9-14,16-27,29-30H,8,15,28,31-34H2,1H3,(H4-,57,58,60,61,62,63,64,65,66,67,68,69,70,71);;;;/p+1. The van der Waals surface area contributed by atoms with Gasteiger partial charge in [-0.3, -0.25) is 27.8 Å². The molecule has 0 spiro atoms. The van der Waals surface area contributed by atoms with Crippen molar-refractivity contribution in [3.05, 3.63) is 191 Å². The SMILES string of the molecule is CN(CCCC(=O)O)C(=O)c1ccccc1-c1c2ccc(=[N+](Cc3ccc(S(=O)(=O)O)cc3)Cc3ccc(S(=O)(=O)O)cc3)cc-2oc2cc(N(Cc3ccccc3S(=O)(=O)O)Cc3ccccc3S(=O)(=O)O)ccc12.O=S(=O)=O.O=S(=O)=O.O=S(=O)=O.O=S(=O)=O. The van der Waals surface area contributed by atoms with Crippen LogP contribution in [0.1, 0.15) is 45.5 Å². The molecule has 8 rings (SSSR count). The van der Waals surface area contributed by atoms with Crippen LogP contribution >= 0.6 is 0 Å². The molecule has 0 bridgehead atoms. The molecule has 6 aromatic carbocycles. The number of amides is 1. The van der Waals surface area contributed by atoms with Gasteiger partial charge in [-0.05, 0) is 83.8 Å². The minimum absolute atomic E-state index is 0.110. The van der Waals surface area contributed by atoms with Gasteiger partial charge in [-0.25, -0.2) is 4.58 Å². The van der Waals surface area contributed by atoms with Crippen LogP contribution in [0.25, 0.3) is 33.4 Å². The van der Waals surface area contributed by atoms with Crippen molar-refractivity contribution in [2.75, 3.05) is 18.5 Å². The minimum atomic E-state index is -4.77. The van der Waals surface area contributed by atoms with Gasteiger partial charge in [0.1, 0.15) is 11.3 Å². The van der Waals surface area contributed by atoms with Crippen LogP contribution in [0.15, 0.2) is 182 Å². The maximum Gasteiger partial charge on any atom is 0.425 e. The monoisotopic (exact) mass is 1430 g/mol. The highest BCUT2D eigenvalue weighted by molar-refractivity contribution is 7.86. The Hall–Kier alpha value is -9.13. The number of carboxylic acids is 1. The van der Waals surface area contributed by atoms with Gasteiger partial charge in [0.05, 0.1) is 25.6 Å². The van der Waals surface area contributed by atoms with Crippen molar-refractivity contribution >= 4 is 111 Å². The maximum atomic E-state index is 14.3. The molecule has 0 unspecified atom stereocenters. The van der Waals surface area contributed by atoms with Crippen molar-refractivity contribution in [1.29, 1.82) is 0 Å². The zero-order valence-corrected chi connectivity index (χ0v) is 53.2. The molecule has 0 fully saturated rings. The number of nitrogens with zero attached hydrogens (tertiary/aromatic N) is 3. The number of carbonyl (C=O) groups is 2. The van der Waals surface area contributed by atoms with Gasteiger partial charge in [-0.1, -0.05) is 78.9 Å². The molecule has 1 amide bonds. The largest absolute Gasteiger partial charge is 0.481 e. The van der Waals surface area contributed by atoms with Gasteiger partial charge in [-0.2, -0.15) is 33.7 Å². The minimum Gasteiger partial charge on any atom is -0.481 e. The summed E-state index contributed by atoms with van der Waals surface area (Å²) in [5, 5.41) is 10.3. The second-order valence-electron chi connectivity index (χ2n) is 18.5. The third-order valence-electron chi connectivity index (χ3n) is 12.5. The number of fused-ring (bicyclic) bond motifs is 2. The van der Waals surface area contributed by atoms with Gasteiger partial charge in [0.25, 0.3) is 46.4 Å². The van der Waals surface area contributed by atoms with Crippen LogP contribution in [0, 0.1) is 0 Å². The van der Waals surface area contributed by atoms with E-state index in [2.05, 4.69) is 0 Å². The highest BCUT2D eigenvalue weighted by atomic mass is 32.2. The number of anilines is 1. The highest BCUT2D eigenvalue weighted by Crippen LogP contribution is 2.43. The van der Waals surface area contributed by atoms with Crippen LogP contribution in [-0.2, 0) is 114 Å². The van der Waals surface area contributed by atoms with Crippen molar-refractivity contribution < 1.29 is 122 Å². The molecule has 5 N–H and O–H groups in total. The molecule has 2 aliphatic rings. The van der Waals surface area contributed by atoms with Gasteiger partial charge in [0, 0.05) is 84.1 Å². The van der Waals surface area contributed by atoms with E-state index in [0.29, 0.717) is 44.2 Å². The number of aliphatic carboxylic acids is 1. The van der Waals surface area contributed by atoms with Crippen molar-refractivity contribution in [2.45, 2.75) is 58.6 Å². The number of hydrogen-bond acceptors (Lipinski definition) is 24. The lowest BCUT2D eigenvalue weighted by atomic mass is 9.90. The summed E-state index contributed by atoms with van der Waals surface area (Å²) in [6, 6.07) is 39.5. The molecule has 1 aliphatic carbocycles. The number of carbonyl (C=O) groups excluding carboxylic acids is 1. The summed E-state index contributed by atoms with van der Waals surface area (Å²) in [7, 11) is -29.5. The lowest BCUT2D eigenvalue weighted by molar-refractivity contribution is -0.137. The molecular weight excluding hydrogens is 1380 g/mol. The summed E-state index contributed by atoms with van der Waals surface area (Å²) in [6.07, 6.45) is 0.0229. The van der Waals surface area contributed by atoms with Crippen LogP contribution in [0.4, 0.5) is 5.69 Å². The molecule has 490 valence electrons. The first-order valence-corrected chi connectivity index (χ1v) is 34.7. The fraction of sp³-hybridized carbons (Fsp3) is 0.151. The van der Waals surface area contributed by atoms with Crippen molar-refractivity contribution in [2.24, 2.45) is 0 Å². The molecule has 0 radical (unpaired) electrons. The number of carboxylic acid groups (broad SMARTS) is 1. The topological polar surface area (TPSA) is 499 Å². The van der Waals surface area contributed by atoms with Crippen molar-refractivity contribution in [1.82, 2.24) is 9.48 Å². The number of benzene rings is 7. The molecule has 31 nitrogen and oxygen atoms in total. The predicted molar refractivity (Wildman–Crippen MR) is 318 cm³/mol. The van der Waals surface area contributed by atoms with E-state index >= 15 is 0 Å². The average molecular weight is 1430 g/mol. The summed E-state index contributed by atoms with van der Waals surface area (Å²) in [4.78, 5) is 27.3. The average Bonchev–Trinajstić information content (AvgIpc) is 0.745. The Bertz CT molecular complexity index is 4780. The lowest BCUT2D eigenvalue weighted by Gasteiger charge is -2.27. The molecule has 1 aliphatic heterocycles. The number of hydrogen-bond donors (Lipinski definition) is 5. The second kappa shape index (κ2) is 33.3. The Kier molecular flexibility index (Phi) is 27.2. The maximum absolute atomic E-state index is 14.3. The number of rotatable bonds is 19. The molecule has 6 aromatic rings. The zero-order chi connectivity index (χ0) is 69.1. The first kappa shape index (κ1) is 75.3. The summed E-state index contributed by atoms with van der Waals surface area (Å²) in [6.45, 7) is -0.121. The van der Waals surface area contributed by atoms with E-state index in [1.54, 1.807) is 84.7 Å². The molecule has 0 saturated heterocycles. The lowest BCUT2D eigenvalue weighted by Crippen LogP contribution is -2.29. The van der Waals surface area contributed by atoms with E-state index in [-0.39, 0.29) is 83.4 Å². The molecule has 0 saturated carbocycles. The Morgan fingerprint density at radius 3 is 1.35 bits per heavy atom. The fourth-order valence-corrected chi connectivity index (χ4v) is 11.2. The molecular formula is C53H48N3O28S8+. The molecule has 1 heterocycles. The van der Waals surface area contributed by atoms with E-state index in [1.165, 1.54) is 89.8 Å². The summed E-state index contributed by atoms with van der Waals surface area (Å²) in [5.74, 6) is -1.18. The van der Waals surface area contributed by atoms with Crippen molar-refractivity contribution in [3.63, 3.8) is 0 Å². The summed E-state index contributed by atoms with van der Waals surface area (Å²) >= 11 is 0. The van der Waals surface area contributed by atoms with Crippen LogP contribution in [-0.4, -0.2) is 138 Å². The van der Waals surface area contributed by atoms with E-state index < -0.39 is 105 Å². The fourth-order valence-electron chi connectivity index (χ4n) is 8.85. The van der Waals surface area contributed by atoms with Gasteiger partial charge in [-0.15, -0.1) is 50.5 Å². The quantitative estimate of drug-likeness (QED) is 0.0439. The van der Waals surface area contributed by atoms with E-state index in [1.807, 2.05) is 4.58 Å². The third kappa shape index (κ3) is 23.6. The van der Waals surface area contributed by atoms with Crippen molar-refractivity contribution in [3.8, 4) is 22.5 Å². The second-order valence-corrected chi connectivity index (χ2v) is 25.8. The molecule has 0 atom stereocenters.